The lowest BCUT2D eigenvalue weighted by molar-refractivity contribution is -0.385. The van der Waals surface area contributed by atoms with Gasteiger partial charge < -0.3 is 19.5 Å². The molecule has 1 N–H and O–H groups in total. The zero-order chi connectivity index (χ0) is 24.2. The number of carbonyl (C=O) groups is 3. The van der Waals surface area contributed by atoms with Gasteiger partial charge in [0, 0.05) is 24.7 Å². The van der Waals surface area contributed by atoms with Gasteiger partial charge in [0.2, 0.25) is 6.79 Å². The minimum Gasteiger partial charge on any atom is -0.487 e. The van der Waals surface area contributed by atoms with E-state index in [9.17, 15) is 24.5 Å². The van der Waals surface area contributed by atoms with Crippen LogP contribution < -0.4 is 19.5 Å². The fraction of sp³-hybridized carbons (Fsp3) is 0.227. The van der Waals surface area contributed by atoms with Gasteiger partial charge in [-0.05, 0) is 54.6 Å². The third-order valence-corrected chi connectivity index (χ3v) is 5.81. The highest BCUT2D eigenvalue weighted by molar-refractivity contribution is 8.18. The third-order valence-electron chi connectivity index (χ3n) is 4.91. The fourth-order valence-corrected chi connectivity index (χ4v) is 4.17. The van der Waals surface area contributed by atoms with Crippen LogP contribution in [0.25, 0.3) is 6.08 Å². The minimum atomic E-state index is -0.630. The molecule has 12 heteroatoms. The van der Waals surface area contributed by atoms with Crippen molar-refractivity contribution in [2.45, 2.75) is 6.92 Å². The molecule has 4 rings (SSSR count). The first-order valence-corrected chi connectivity index (χ1v) is 11.0. The van der Waals surface area contributed by atoms with Gasteiger partial charge in [0.05, 0.1) is 16.4 Å². The Labute approximate surface area is 197 Å². The molecule has 0 aliphatic carbocycles. The number of hydrogen-bond acceptors (Lipinski definition) is 9. The molecule has 0 bridgehead atoms. The second-order valence-electron chi connectivity index (χ2n) is 7.07. The standard InChI is InChI=1S/C22H19N3O8S/c1-2-31-16-6-4-14(11-15(16)25(29)30)20(26)23-7-8-24-21(27)19(34-22(24)28)10-13-3-5-17-18(9-13)33-12-32-17/h3-6,9-11H,2,7-8,12H2,1H3,(H,23,26)/b19-10-. The maximum atomic E-state index is 12.7. The molecule has 3 amide bonds. The van der Waals surface area contributed by atoms with Gasteiger partial charge in [-0.15, -0.1) is 0 Å². The van der Waals surface area contributed by atoms with Gasteiger partial charge in [-0.1, -0.05) is 6.07 Å². The van der Waals surface area contributed by atoms with E-state index in [0.29, 0.717) is 17.1 Å². The normalized spacial score (nSPS) is 15.7. The summed E-state index contributed by atoms with van der Waals surface area (Å²) in [5, 5.41) is 13.4. The van der Waals surface area contributed by atoms with Crippen LogP contribution in [0.1, 0.15) is 22.8 Å². The Bertz CT molecular complexity index is 1210. The van der Waals surface area contributed by atoms with Gasteiger partial charge >= 0.3 is 5.69 Å². The van der Waals surface area contributed by atoms with Crippen molar-refractivity contribution in [1.82, 2.24) is 10.2 Å². The summed E-state index contributed by atoms with van der Waals surface area (Å²) >= 11 is 0.801. The smallest absolute Gasteiger partial charge is 0.311 e. The molecule has 11 nitrogen and oxygen atoms in total. The van der Waals surface area contributed by atoms with E-state index in [1.165, 1.54) is 12.1 Å². The monoisotopic (exact) mass is 485 g/mol. The molecule has 1 saturated heterocycles. The maximum Gasteiger partial charge on any atom is 0.311 e. The van der Waals surface area contributed by atoms with Crippen LogP contribution in [0.2, 0.25) is 0 Å². The van der Waals surface area contributed by atoms with Crippen molar-refractivity contribution in [1.29, 1.82) is 0 Å². The molecule has 0 atom stereocenters. The van der Waals surface area contributed by atoms with Crippen LogP contribution >= 0.6 is 11.8 Å². The van der Waals surface area contributed by atoms with Crippen molar-refractivity contribution in [3.63, 3.8) is 0 Å². The van der Waals surface area contributed by atoms with E-state index < -0.39 is 22.0 Å². The van der Waals surface area contributed by atoms with Gasteiger partial charge in [0.25, 0.3) is 17.1 Å². The SMILES string of the molecule is CCOc1ccc(C(=O)NCCN2C(=O)S/C(=C\c3ccc4c(c3)OCO4)C2=O)cc1[N+](=O)[O-]. The van der Waals surface area contributed by atoms with E-state index in [0.717, 1.165) is 22.7 Å². The summed E-state index contributed by atoms with van der Waals surface area (Å²) in [4.78, 5) is 49.3. The molecule has 176 valence electrons. The topological polar surface area (TPSA) is 137 Å². The molecule has 0 spiro atoms. The number of nitro groups is 1. The predicted molar refractivity (Wildman–Crippen MR) is 122 cm³/mol. The summed E-state index contributed by atoms with van der Waals surface area (Å²) in [6.45, 7) is 2.00. The Balaban J connectivity index is 1.37. The van der Waals surface area contributed by atoms with Crippen LogP contribution in [0.3, 0.4) is 0 Å². The van der Waals surface area contributed by atoms with Crippen LogP contribution in [-0.2, 0) is 4.79 Å². The second-order valence-corrected chi connectivity index (χ2v) is 8.07. The molecule has 2 heterocycles. The number of amides is 3. The molecule has 2 aliphatic rings. The first kappa shape index (κ1) is 23.1. The van der Waals surface area contributed by atoms with Gasteiger partial charge in [0.15, 0.2) is 17.2 Å². The zero-order valence-corrected chi connectivity index (χ0v) is 18.8. The summed E-state index contributed by atoms with van der Waals surface area (Å²) in [6.07, 6.45) is 1.59. The van der Waals surface area contributed by atoms with Gasteiger partial charge in [0.1, 0.15) is 0 Å². The number of ether oxygens (including phenoxy) is 3. The highest BCUT2D eigenvalue weighted by atomic mass is 32.2. The summed E-state index contributed by atoms with van der Waals surface area (Å²) in [6, 6.07) is 9.06. The molecule has 0 aromatic heterocycles. The highest BCUT2D eigenvalue weighted by Crippen LogP contribution is 2.36. The van der Waals surface area contributed by atoms with Crippen LogP contribution in [0.15, 0.2) is 41.3 Å². The lowest BCUT2D eigenvalue weighted by atomic mass is 10.1. The number of thioether (sulfide) groups is 1. The maximum absolute atomic E-state index is 12.7. The Morgan fingerprint density at radius 1 is 1.24 bits per heavy atom. The van der Waals surface area contributed by atoms with Crippen molar-refractivity contribution >= 4 is 40.6 Å². The van der Waals surface area contributed by atoms with E-state index in [2.05, 4.69) is 5.32 Å². The Morgan fingerprint density at radius 2 is 2.03 bits per heavy atom. The van der Waals surface area contributed by atoms with Crippen molar-refractivity contribution < 1.29 is 33.5 Å². The average molecular weight is 485 g/mol. The minimum absolute atomic E-state index is 0.0187. The van der Waals surface area contributed by atoms with Gasteiger partial charge in [-0.2, -0.15) is 0 Å². The number of nitro benzene ring substituents is 1. The fourth-order valence-electron chi connectivity index (χ4n) is 3.31. The van der Waals surface area contributed by atoms with Crippen molar-refractivity contribution in [2.75, 3.05) is 26.5 Å². The molecule has 0 saturated carbocycles. The molecule has 2 aromatic carbocycles. The third kappa shape index (κ3) is 4.81. The molecule has 1 fully saturated rings. The number of carbonyl (C=O) groups excluding carboxylic acids is 3. The predicted octanol–water partition coefficient (Wildman–Crippen LogP) is 3.19. The summed E-state index contributed by atoms with van der Waals surface area (Å²) in [5.41, 5.74) is 0.418. The Kier molecular flexibility index (Phi) is 6.68. The summed E-state index contributed by atoms with van der Waals surface area (Å²) in [7, 11) is 0. The van der Waals surface area contributed by atoms with Crippen molar-refractivity contribution in [3.05, 3.63) is 62.5 Å². The largest absolute Gasteiger partial charge is 0.487 e. The number of nitrogens with zero attached hydrogens (tertiary/aromatic N) is 2. The van der Waals surface area contributed by atoms with Crippen molar-refractivity contribution in [3.8, 4) is 17.2 Å². The number of imide groups is 1. The summed E-state index contributed by atoms with van der Waals surface area (Å²) < 4.78 is 15.8. The molecular formula is C22H19N3O8S. The molecular weight excluding hydrogens is 466 g/mol. The molecule has 0 radical (unpaired) electrons. The Hall–Kier alpha value is -4.06. The number of hydrogen-bond donors (Lipinski definition) is 1. The zero-order valence-electron chi connectivity index (χ0n) is 17.9. The average Bonchev–Trinajstić information content (AvgIpc) is 3.38. The van der Waals surface area contributed by atoms with Crippen LogP contribution in [0, 0.1) is 10.1 Å². The van der Waals surface area contributed by atoms with E-state index in [1.807, 2.05) is 0 Å². The van der Waals surface area contributed by atoms with E-state index >= 15 is 0 Å². The van der Waals surface area contributed by atoms with E-state index in [4.69, 9.17) is 14.2 Å². The number of benzene rings is 2. The van der Waals surface area contributed by atoms with Crippen LogP contribution in [0.4, 0.5) is 10.5 Å². The highest BCUT2D eigenvalue weighted by Gasteiger charge is 2.34. The van der Waals surface area contributed by atoms with Crippen LogP contribution in [0.5, 0.6) is 17.2 Å². The quantitative estimate of drug-likeness (QED) is 0.339. The Morgan fingerprint density at radius 3 is 2.79 bits per heavy atom. The van der Waals surface area contributed by atoms with E-state index in [-0.39, 0.29) is 48.4 Å². The lowest BCUT2D eigenvalue weighted by Gasteiger charge is -2.13. The first-order valence-electron chi connectivity index (χ1n) is 10.2. The molecule has 2 aliphatic heterocycles. The molecule has 0 unspecified atom stereocenters. The molecule has 2 aromatic rings. The van der Waals surface area contributed by atoms with Gasteiger partial charge in [-0.3, -0.25) is 29.4 Å². The summed E-state index contributed by atoms with van der Waals surface area (Å²) in [5.74, 6) is 0.188. The number of nitrogens with one attached hydrogen (secondary N) is 1. The van der Waals surface area contributed by atoms with Gasteiger partial charge in [-0.25, -0.2) is 0 Å². The lowest BCUT2D eigenvalue weighted by Crippen LogP contribution is -2.37. The number of rotatable bonds is 8. The molecule has 34 heavy (non-hydrogen) atoms. The number of fused-ring (bicyclic) bond motifs is 1. The second kappa shape index (κ2) is 9.83. The van der Waals surface area contributed by atoms with Crippen molar-refractivity contribution in [2.24, 2.45) is 0 Å². The first-order chi connectivity index (χ1) is 16.4. The van der Waals surface area contributed by atoms with E-state index in [1.54, 1.807) is 31.2 Å². The van der Waals surface area contributed by atoms with Crippen LogP contribution in [-0.4, -0.2) is 53.4 Å².